The molecule has 0 spiro atoms. The summed E-state index contributed by atoms with van der Waals surface area (Å²) in [7, 11) is 0. The molecule has 0 fully saturated rings. The normalized spacial score (nSPS) is 15.6. The summed E-state index contributed by atoms with van der Waals surface area (Å²) < 4.78 is 0. The average molecular weight is 166 g/mol. The van der Waals surface area contributed by atoms with Crippen molar-refractivity contribution < 1.29 is 10.1 Å². The first-order valence-electron chi connectivity index (χ1n) is 4.11. The lowest BCUT2D eigenvalue weighted by Crippen LogP contribution is -2.23. The van der Waals surface area contributed by atoms with Crippen molar-refractivity contribution in [1.82, 2.24) is 0 Å². The van der Waals surface area contributed by atoms with Crippen molar-refractivity contribution in [2.45, 2.75) is 25.9 Å². The van der Waals surface area contributed by atoms with Crippen molar-refractivity contribution >= 4 is 0 Å². The molecule has 1 rings (SSSR count). The molecule has 0 aromatic heterocycles. The van der Waals surface area contributed by atoms with Gasteiger partial charge in [-0.1, -0.05) is 37.3 Å². The second-order valence-corrected chi connectivity index (χ2v) is 3.04. The van der Waals surface area contributed by atoms with E-state index in [2.05, 4.69) is 4.89 Å². The van der Waals surface area contributed by atoms with E-state index in [1.165, 1.54) is 0 Å². The Labute approximate surface area is 72.7 Å². The molecule has 0 aliphatic rings. The summed E-state index contributed by atoms with van der Waals surface area (Å²) >= 11 is 0. The maximum atomic E-state index is 8.74. The Bertz CT molecular complexity index is 227. The van der Waals surface area contributed by atoms with Crippen molar-refractivity contribution in [2.24, 2.45) is 0 Å². The summed E-state index contributed by atoms with van der Waals surface area (Å²) in [5.41, 5.74) is 0.427. The van der Waals surface area contributed by atoms with Crippen molar-refractivity contribution in [3.8, 4) is 0 Å². The van der Waals surface area contributed by atoms with E-state index in [9.17, 15) is 0 Å². The molecule has 1 N–H and O–H groups in total. The molecule has 0 heterocycles. The number of rotatable bonds is 3. The molecule has 1 atom stereocenters. The minimum absolute atomic E-state index is 0.568. The average Bonchev–Trinajstić information content (AvgIpc) is 2.18. The van der Waals surface area contributed by atoms with Crippen LogP contribution in [0.3, 0.4) is 0 Å². The molecule has 66 valence electrons. The molecule has 0 radical (unpaired) electrons. The fourth-order valence-corrected chi connectivity index (χ4v) is 1.11. The van der Waals surface area contributed by atoms with E-state index >= 15 is 0 Å². The van der Waals surface area contributed by atoms with E-state index in [1.807, 2.05) is 44.2 Å². The van der Waals surface area contributed by atoms with E-state index < -0.39 is 5.60 Å². The minimum atomic E-state index is -0.568. The number of hydrogen-bond donors (Lipinski definition) is 1. The number of hydrogen-bond acceptors (Lipinski definition) is 2. The second-order valence-electron chi connectivity index (χ2n) is 3.04. The van der Waals surface area contributed by atoms with Crippen LogP contribution in [0.2, 0.25) is 0 Å². The molecule has 0 aliphatic carbocycles. The topological polar surface area (TPSA) is 29.5 Å². The third-order valence-electron chi connectivity index (χ3n) is 2.26. The second kappa shape index (κ2) is 3.70. The van der Waals surface area contributed by atoms with Gasteiger partial charge in [-0.3, -0.25) is 5.26 Å². The third kappa shape index (κ3) is 1.65. The molecule has 1 aromatic carbocycles. The van der Waals surface area contributed by atoms with Gasteiger partial charge in [0.25, 0.3) is 0 Å². The molecule has 0 bridgehead atoms. The first-order valence-corrected chi connectivity index (χ1v) is 4.11. The fourth-order valence-electron chi connectivity index (χ4n) is 1.11. The predicted octanol–water partition coefficient (Wildman–Crippen LogP) is 2.80. The summed E-state index contributed by atoms with van der Waals surface area (Å²) in [4.78, 5) is 4.47. The molecule has 12 heavy (non-hydrogen) atoms. The molecule has 0 unspecified atom stereocenters. The quantitative estimate of drug-likeness (QED) is 0.552. The first-order chi connectivity index (χ1) is 5.73. The van der Waals surface area contributed by atoms with Crippen LogP contribution >= 0.6 is 0 Å². The first kappa shape index (κ1) is 9.23. The summed E-state index contributed by atoms with van der Waals surface area (Å²) in [6, 6.07) is 9.70. The third-order valence-corrected chi connectivity index (χ3v) is 2.26. The standard InChI is InChI=1S/C10H14O2/c1-3-10(2,12-11)9-7-5-4-6-8-9/h4-8,11H,3H2,1-2H3/t10-/m1/s1. The SMILES string of the molecule is CC[C@@](C)(OO)c1ccccc1. The van der Waals surface area contributed by atoms with Gasteiger partial charge in [0.05, 0.1) is 0 Å². The van der Waals surface area contributed by atoms with Gasteiger partial charge in [-0.05, 0) is 18.9 Å². The van der Waals surface area contributed by atoms with Gasteiger partial charge >= 0.3 is 0 Å². The monoisotopic (exact) mass is 166 g/mol. The fraction of sp³-hybridized carbons (Fsp3) is 0.400. The summed E-state index contributed by atoms with van der Waals surface area (Å²) in [5, 5.41) is 8.74. The maximum Gasteiger partial charge on any atom is 0.125 e. The van der Waals surface area contributed by atoms with Crippen molar-refractivity contribution in [2.75, 3.05) is 0 Å². The Morgan fingerprint density at radius 2 is 1.92 bits per heavy atom. The predicted molar refractivity (Wildman–Crippen MR) is 47.8 cm³/mol. The lowest BCUT2D eigenvalue weighted by molar-refractivity contribution is -0.324. The van der Waals surface area contributed by atoms with E-state index in [-0.39, 0.29) is 0 Å². The van der Waals surface area contributed by atoms with Gasteiger partial charge in [-0.2, -0.15) is 0 Å². The van der Waals surface area contributed by atoms with Gasteiger partial charge in [0.1, 0.15) is 5.60 Å². The highest BCUT2D eigenvalue weighted by Crippen LogP contribution is 2.27. The molecule has 2 heteroatoms. The number of benzene rings is 1. The van der Waals surface area contributed by atoms with E-state index in [4.69, 9.17) is 5.26 Å². The van der Waals surface area contributed by atoms with Crippen LogP contribution in [0.5, 0.6) is 0 Å². The molecular formula is C10H14O2. The molecule has 1 aromatic rings. The van der Waals surface area contributed by atoms with E-state index in [0.29, 0.717) is 0 Å². The van der Waals surface area contributed by atoms with Crippen LogP contribution in [0.25, 0.3) is 0 Å². The molecular weight excluding hydrogens is 152 g/mol. The molecule has 0 saturated heterocycles. The van der Waals surface area contributed by atoms with Crippen LogP contribution in [-0.4, -0.2) is 5.26 Å². The Morgan fingerprint density at radius 1 is 1.33 bits per heavy atom. The van der Waals surface area contributed by atoms with Crippen molar-refractivity contribution in [3.05, 3.63) is 35.9 Å². The summed E-state index contributed by atoms with van der Waals surface area (Å²) in [6.07, 6.45) is 0.744. The largest absolute Gasteiger partial charge is 0.251 e. The maximum absolute atomic E-state index is 8.74. The van der Waals surface area contributed by atoms with Crippen LogP contribution < -0.4 is 0 Å². The molecule has 2 nitrogen and oxygen atoms in total. The zero-order chi connectivity index (χ0) is 9.03. The Hall–Kier alpha value is -0.860. The van der Waals surface area contributed by atoms with Crippen LogP contribution in [0.4, 0.5) is 0 Å². The van der Waals surface area contributed by atoms with Crippen LogP contribution in [0, 0.1) is 0 Å². The van der Waals surface area contributed by atoms with E-state index in [1.54, 1.807) is 0 Å². The molecule has 0 saturated carbocycles. The van der Waals surface area contributed by atoms with Gasteiger partial charge < -0.3 is 0 Å². The van der Waals surface area contributed by atoms with Crippen LogP contribution in [-0.2, 0) is 10.5 Å². The summed E-state index contributed by atoms with van der Waals surface area (Å²) in [5.74, 6) is 0. The lowest BCUT2D eigenvalue weighted by atomic mass is 9.94. The lowest BCUT2D eigenvalue weighted by Gasteiger charge is -2.24. The van der Waals surface area contributed by atoms with Gasteiger partial charge in [0.15, 0.2) is 0 Å². The van der Waals surface area contributed by atoms with Crippen molar-refractivity contribution in [3.63, 3.8) is 0 Å². The highest BCUT2D eigenvalue weighted by Gasteiger charge is 2.25. The van der Waals surface area contributed by atoms with Crippen LogP contribution in [0.15, 0.2) is 30.3 Å². The van der Waals surface area contributed by atoms with E-state index in [0.717, 1.165) is 12.0 Å². The molecule has 0 aliphatic heterocycles. The molecule has 0 amide bonds. The highest BCUT2D eigenvalue weighted by atomic mass is 17.1. The van der Waals surface area contributed by atoms with Gasteiger partial charge in [0.2, 0.25) is 0 Å². The Kier molecular flexibility index (Phi) is 2.84. The van der Waals surface area contributed by atoms with Gasteiger partial charge in [-0.15, -0.1) is 0 Å². The summed E-state index contributed by atoms with van der Waals surface area (Å²) in [6.45, 7) is 3.84. The minimum Gasteiger partial charge on any atom is -0.251 e. The van der Waals surface area contributed by atoms with Crippen LogP contribution in [0.1, 0.15) is 25.8 Å². The smallest absolute Gasteiger partial charge is 0.125 e. The Morgan fingerprint density at radius 3 is 2.33 bits per heavy atom. The van der Waals surface area contributed by atoms with Gasteiger partial charge in [-0.25, -0.2) is 4.89 Å². The zero-order valence-corrected chi connectivity index (χ0v) is 7.45. The van der Waals surface area contributed by atoms with Crippen molar-refractivity contribution in [1.29, 1.82) is 0 Å². The zero-order valence-electron chi connectivity index (χ0n) is 7.45. The van der Waals surface area contributed by atoms with Gasteiger partial charge in [0, 0.05) is 0 Å². The Balaban J connectivity index is 2.95. The highest BCUT2D eigenvalue weighted by molar-refractivity contribution is 5.21.